The van der Waals surface area contributed by atoms with Gasteiger partial charge in [0.15, 0.2) is 0 Å². The summed E-state index contributed by atoms with van der Waals surface area (Å²) in [7, 11) is 0. The molecule has 1 aromatic heterocycles. The Morgan fingerprint density at radius 3 is 2.58 bits per heavy atom. The highest BCUT2D eigenvalue weighted by Gasteiger charge is 2.44. The van der Waals surface area contributed by atoms with Crippen molar-refractivity contribution in [1.82, 2.24) is 14.5 Å². The molecule has 7 heteroatoms. The summed E-state index contributed by atoms with van der Waals surface area (Å²) in [5.41, 5.74) is 9.96. The van der Waals surface area contributed by atoms with Crippen molar-refractivity contribution in [1.29, 1.82) is 0 Å². The van der Waals surface area contributed by atoms with E-state index in [1.165, 1.54) is 5.56 Å². The van der Waals surface area contributed by atoms with Gasteiger partial charge >= 0.3 is 5.69 Å². The van der Waals surface area contributed by atoms with Gasteiger partial charge in [-0.1, -0.05) is 30.3 Å². The monoisotopic (exact) mass is 419 g/mol. The number of primary amides is 1. The first kappa shape index (κ1) is 19.9. The van der Waals surface area contributed by atoms with Crippen LogP contribution in [0, 0.1) is 0 Å². The van der Waals surface area contributed by atoms with Crippen LogP contribution in [-0.4, -0.2) is 53.1 Å². The molecule has 2 aliphatic heterocycles. The molecule has 0 atom stereocenters. The van der Waals surface area contributed by atoms with Crippen LogP contribution in [-0.2, 0) is 16.8 Å². The molecule has 3 heterocycles. The minimum absolute atomic E-state index is 0.0316. The smallest absolute Gasteiger partial charge is 0.326 e. The van der Waals surface area contributed by atoms with E-state index < -0.39 is 0 Å². The van der Waals surface area contributed by atoms with Crippen molar-refractivity contribution in [2.75, 3.05) is 37.6 Å². The molecule has 5 rings (SSSR count). The van der Waals surface area contributed by atoms with Crippen molar-refractivity contribution >= 4 is 22.6 Å². The number of rotatable bonds is 6. The number of H-pyrrole nitrogens is 1. The Labute approximate surface area is 181 Å². The number of nitrogens with two attached hydrogens (primary N) is 1. The second kappa shape index (κ2) is 7.89. The van der Waals surface area contributed by atoms with Gasteiger partial charge in [0.25, 0.3) is 0 Å². The van der Waals surface area contributed by atoms with Gasteiger partial charge in [-0.15, -0.1) is 0 Å². The summed E-state index contributed by atoms with van der Waals surface area (Å²) in [6, 6.07) is 16.3. The van der Waals surface area contributed by atoms with Crippen molar-refractivity contribution in [3.8, 4) is 0 Å². The van der Waals surface area contributed by atoms with Crippen LogP contribution in [0.15, 0.2) is 53.3 Å². The van der Waals surface area contributed by atoms with Gasteiger partial charge in [-0.05, 0) is 62.7 Å². The number of amides is 1. The van der Waals surface area contributed by atoms with Crippen LogP contribution < -0.4 is 16.3 Å². The standard InChI is InChI=1S/C24H29N5O2/c25-22(30)16-28-17-24(18-6-1-3-8-20(18)28)10-14-27(15-11-24)12-5-13-29-21-9-4-2-7-19(21)26-23(29)31/h1-4,6-9H,5,10-17H2,(H2,25,30)(H,26,31). The number of nitrogens with zero attached hydrogens (tertiary/aromatic N) is 3. The largest absolute Gasteiger partial charge is 0.368 e. The Kier molecular flexibility index (Phi) is 5.06. The first-order valence-electron chi connectivity index (χ1n) is 11.1. The summed E-state index contributed by atoms with van der Waals surface area (Å²) in [4.78, 5) is 31.4. The Hall–Kier alpha value is -3.06. The number of fused-ring (bicyclic) bond motifs is 3. The topological polar surface area (TPSA) is 87.4 Å². The van der Waals surface area contributed by atoms with Crippen molar-refractivity contribution in [2.24, 2.45) is 5.73 Å². The molecule has 0 unspecified atom stereocenters. The fourth-order valence-corrected chi connectivity index (χ4v) is 5.48. The Balaban J connectivity index is 1.21. The SMILES string of the molecule is NC(=O)CN1CC2(CCN(CCCn3c(=O)[nH]c4ccccc43)CC2)c2ccccc21. The lowest BCUT2D eigenvalue weighted by Gasteiger charge is -2.40. The van der Waals surface area contributed by atoms with Crippen molar-refractivity contribution < 1.29 is 4.79 Å². The molecule has 2 aromatic carbocycles. The van der Waals surface area contributed by atoms with E-state index in [1.54, 1.807) is 0 Å². The minimum Gasteiger partial charge on any atom is -0.368 e. The number of aromatic nitrogens is 2. The average Bonchev–Trinajstić information content (AvgIpc) is 3.24. The predicted molar refractivity (Wildman–Crippen MR) is 122 cm³/mol. The fourth-order valence-electron chi connectivity index (χ4n) is 5.48. The number of hydrogen-bond acceptors (Lipinski definition) is 4. The molecule has 3 aromatic rings. The zero-order valence-corrected chi connectivity index (χ0v) is 17.7. The zero-order chi connectivity index (χ0) is 21.4. The van der Waals surface area contributed by atoms with Crippen molar-refractivity contribution in [2.45, 2.75) is 31.2 Å². The Morgan fingerprint density at radius 2 is 1.77 bits per heavy atom. The molecule has 1 amide bonds. The van der Waals surface area contributed by atoms with Gasteiger partial charge in [0.1, 0.15) is 0 Å². The van der Waals surface area contributed by atoms with E-state index in [0.717, 1.165) is 68.7 Å². The first-order valence-corrected chi connectivity index (χ1v) is 11.1. The molecule has 1 spiro atoms. The van der Waals surface area contributed by atoms with Crippen LogP contribution in [0.25, 0.3) is 11.0 Å². The number of imidazole rings is 1. The number of aryl methyl sites for hydroxylation is 1. The molecule has 162 valence electrons. The summed E-state index contributed by atoms with van der Waals surface area (Å²) in [5.74, 6) is -0.281. The second-order valence-electron chi connectivity index (χ2n) is 8.91. The summed E-state index contributed by atoms with van der Waals surface area (Å²) >= 11 is 0. The van der Waals surface area contributed by atoms with Gasteiger partial charge in [0.05, 0.1) is 17.6 Å². The molecule has 31 heavy (non-hydrogen) atoms. The molecular formula is C24H29N5O2. The first-order chi connectivity index (χ1) is 15.1. The van der Waals surface area contributed by atoms with E-state index in [9.17, 15) is 9.59 Å². The molecule has 0 radical (unpaired) electrons. The third-order valence-electron chi connectivity index (χ3n) is 7.01. The number of carbonyl (C=O) groups is 1. The third kappa shape index (κ3) is 3.63. The highest BCUT2D eigenvalue weighted by Crippen LogP contribution is 2.46. The molecule has 3 N–H and O–H groups in total. The van der Waals surface area contributed by atoms with Gasteiger partial charge in [-0.2, -0.15) is 0 Å². The molecular weight excluding hydrogens is 390 g/mol. The highest BCUT2D eigenvalue weighted by molar-refractivity contribution is 5.81. The van der Waals surface area contributed by atoms with Crippen LogP contribution in [0.5, 0.6) is 0 Å². The van der Waals surface area contributed by atoms with Gasteiger partial charge in [-0.3, -0.25) is 9.36 Å². The highest BCUT2D eigenvalue weighted by atomic mass is 16.1. The maximum absolute atomic E-state index is 12.3. The molecule has 0 bridgehead atoms. The quantitative estimate of drug-likeness (QED) is 0.640. The number of anilines is 1. The molecule has 1 saturated heterocycles. The molecule has 1 fully saturated rings. The summed E-state index contributed by atoms with van der Waals surface area (Å²) in [6.45, 7) is 4.91. The van der Waals surface area contributed by atoms with E-state index in [0.29, 0.717) is 0 Å². The van der Waals surface area contributed by atoms with Gasteiger partial charge in [-0.25, -0.2) is 4.79 Å². The number of para-hydroxylation sites is 3. The van der Waals surface area contributed by atoms with E-state index in [-0.39, 0.29) is 23.6 Å². The van der Waals surface area contributed by atoms with Crippen molar-refractivity contribution in [3.63, 3.8) is 0 Å². The third-order valence-corrected chi connectivity index (χ3v) is 7.01. The number of piperidine rings is 1. The normalized spacial score (nSPS) is 18.0. The van der Waals surface area contributed by atoms with E-state index in [2.05, 4.69) is 33.0 Å². The lowest BCUT2D eigenvalue weighted by atomic mass is 9.74. The Morgan fingerprint density at radius 1 is 1.03 bits per heavy atom. The number of carbonyl (C=O) groups excluding carboxylic acids is 1. The lowest BCUT2D eigenvalue weighted by molar-refractivity contribution is -0.116. The van der Waals surface area contributed by atoms with Crippen LogP contribution in [0.3, 0.4) is 0 Å². The zero-order valence-electron chi connectivity index (χ0n) is 17.7. The summed E-state index contributed by atoms with van der Waals surface area (Å²) in [5, 5.41) is 0. The van der Waals surface area contributed by atoms with Gasteiger partial charge in [0, 0.05) is 24.2 Å². The Bertz CT molecular complexity index is 1160. The van der Waals surface area contributed by atoms with Crippen LogP contribution in [0.4, 0.5) is 5.69 Å². The summed E-state index contributed by atoms with van der Waals surface area (Å²) in [6.07, 6.45) is 3.09. The van der Waals surface area contributed by atoms with Crippen LogP contribution in [0.1, 0.15) is 24.8 Å². The number of benzene rings is 2. The molecule has 0 saturated carbocycles. The summed E-state index contributed by atoms with van der Waals surface area (Å²) < 4.78 is 1.84. The second-order valence-corrected chi connectivity index (χ2v) is 8.91. The van der Waals surface area contributed by atoms with Crippen LogP contribution >= 0.6 is 0 Å². The van der Waals surface area contributed by atoms with Gasteiger partial charge in [0.2, 0.25) is 5.91 Å². The number of hydrogen-bond donors (Lipinski definition) is 2. The number of aromatic amines is 1. The minimum atomic E-state index is -0.281. The van der Waals surface area contributed by atoms with Gasteiger partial charge < -0.3 is 20.5 Å². The predicted octanol–water partition coefficient (Wildman–Crippen LogP) is 2.06. The maximum Gasteiger partial charge on any atom is 0.326 e. The van der Waals surface area contributed by atoms with E-state index in [1.807, 2.05) is 34.9 Å². The fraction of sp³-hybridized carbons (Fsp3) is 0.417. The van der Waals surface area contributed by atoms with E-state index in [4.69, 9.17) is 5.73 Å². The molecule has 7 nitrogen and oxygen atoms in total. The number of nitrogens with one attached hydrogen (secondary N) is 1. The molecule has 0 aliphatic carbocycles. The van der Waals surface area contributed by atoms with Crippen molar-refractivity contribution in [3.05, 3.63) is 64.6 Å². The van der Waals surface area contributed by atoms with E-state index >= 15 is 0 Å². The van der Waals surface area contributed by atoms with Crippen LogP contribution in [0.2, 0.25) is 0 Å². The maximum atomic E-state index is 12.3. The molecule has 2 aliphatic rings. The average molecular weight is 420 g/mol. The number of likely N-dealkylation sites (tertiary alicyclic amines) is 1. The lowest BCUT2D eigenvalue weighted by Crippen LogP contribution is -2.46.